The molecule has 1 nitrogen and oxygen atoms in total. The number of furan rings is 1. The predicted molar refractivity (Wildman–Crippen MR) is 97.0 cm³/mol. The standard InChI is InChI=1S/C22H16O/c1-2-7-17(8-3-1)12-13-19-15-14-18-9-4-5-10-20(18)22(19)21-11-6-16-23-21/h1-16H. The fourth-order valence-corrected chi connectivity index (χ4v) is 2.87. The number of hydrogen-bond donors (Lipinski definition) is 0. The molecular weight excluding hydrogens is 280 g/mol. The first-order chi connectivity index (χ1) is 11.4. The molecule has 0 radical (unpaired) electrons. The quantitative estimate of drug-likeness (QED) is 0.406. The molecule has 0 spiro atoms. The smallest absolute Gasteiger partial charge is 0.135 e. The van der Waals surface area contributed by atoms with Crippen molar-refractivity contribution >= 4 is 22.9 Å². The molecule has 0 fully saturated rings. The van der Waals surface area contributed by atoms with E-state index in [4.69, 9.17) is 4.42 Å². The van der Waals surface area contributed by atoms with Crippen molar-refractivity contribution < 1.29 is 4.42 Å². The van der Waals surface area contributed by atoms with Gasteiger partial charge in [-0.3, -0.25) is 0 Å². The molecule has 0 N–H and O–H groups in total. The highest BCUT2D eigenvalue weighted by atomic mass is 16.3. The molecule has 4 rings (SSSR count). The van der Waals surface area contributed by atoms with Gasteiger partial charge in [-0.2, -0.15) is 0 Å². The van der Waals surface area contributed by atoms with Gasteiger partial charge >= 0.3 is 0 Å². The Balaban J connectivity index is 1.89. The molecule has 0 unspecified atom stereocenters. The lowest BCUT2D eigenvalue weighted by atomic mass is 9.96. The number of rotatable bonds is 3. The van der Waals surface area contributed by atoms with E-state index in [0.29, 0.717) is 0 Å². The van der Waals surface area contributed by atoms with Crippen LogP contribution in [0.25, 0.3) is 34.2 Å². The van der Waals surface area contributed by atoms with E-state index in [2.05, 4.69) is 60.7 Å². The Morgan fingerprint density at radius 1 is 0.652 bits per heavy atom. The monoisotopic (exact) mass is 296 g/mol. The second-order valence-corrected chi connectivity index (χ2v) is 5.47. The number of benzene rings is 3. The van der Waals surface area contributed by atoms with Crippen molar-refractivity contribution in [3.05, 3.63) is 96.3 Å². The van der Waals surface area contributed by atoms with Gasteiger partial charge in [0.1, 0.15) is 5.76 Å². The molecule has 0 aliphatic heterocycles. The summed E-state index contributed by atoms with van der Waals surface area (Å²) in [6.07, 6.45) is 6.01. The number of fused-ring (bicyclic) bond motifs is 1. The van der Waals surface area contributed by atoms with E-state index >= 15 is 0 Å². The maximum atomic E-state index is 5.69. The van der Waals surface area contributed by atoms with Crippen LogP contribution in [0.5, 0.6) is 0 Å². The molecule has 0 bridgehead atoms. The van der Waals surface area contributed by atoms with Gasteiger partial charge in [-0.05, 0) is 34.0 Å². The van der Waals surface area contributed by atoms with E-state index < -0.39 is 0 Å². The molecule has 0 amide bonds. The highest BCUT2D eigenvalue weighted by molar-refractivity contribution is 6.00. The summed E-state index contributed by atoms with van der Waals surface area (Å²) in [5.41, 5.74) is 3.48. The zero-order chi connectivity index (χ0) is 15.5. The zero-order valence-electron chi connectivity index (χ0n) is 12.6. The largest absolute Gasteiger partial charge is 0.464 e. The van der Waals surface area contributed by atoms with E-state index in [9.17, 15) is 0 Å². The van der Waals surface area contributed by atoms with Crippen molar-refractivity contribution in [3.8, 4) is 11.3 Å². The molecule has 0 saturated carbocycles. The first kappa shape index (κ1) is 13.6. The Morgan fingerprint density at radius 2 is 1.48 bits per heavy atom. The maximum absolute atomic E-state index is 5.69. The topological polar surface area (TPSA) is 13.1 Å². The minimum absolute atomic E-state index is 0.898. The van der Waals surface area contributed by atoms with Crippen molar-refractivity contribution in [1.82, 2.24) is 0 Å². The summed E-state index contributed by atoms with van der Waals surface area (Å²) in [6, 6.07) is 27.0. The maximum Gasteiger partial charge on any atom is 0.135 e. The van der Waals surface area contributed by atoms with Crippen LogP contribution < -0.4 is 0 Å². The van der Waals surface area contributed by atoms with Crippen LogP contribution in [0.2, 0.25) is 0 Å². The highest BCUT2D eigenvalue weighted by Gasteiger charge is 2.10. The van der Waals surface area contributed by atoms with Crippen LogP contribution in [0.3, 0.4) is 0 Å². The molecule has 4 aromatic rings. The van der Waals surface area contributed by atoms with Crippen LogP contribution in [0, 0.1) is 0 Å². The van der Waals surface area contributed by atoms with E-state index in [1.807, 2.05) is 30.3 Å². The highest BCUT2D eigenvalue weighted by Crippen LogP contribution is 2.33. The molecule has 1 heterocycles. The van der Waals surface area contributed by atoms with Crippen LogP contribution in [-0.4, -0.2) is 0 Å². The Labute approximate surface area is 135 Å². The fraction of sp³-hybridized carbons (Fsp3) is 0. The lowest BCUT2D eigenvalue weighted by Crippen LogP contribution is -1.85. The summed E-state index contributed by atoms with van der Waals surface area (Å²) >= 11 is 0. The average molecular weight is 296 g/mol. The summed E-state index contributed by atoms with van der Waals surface area (Å²) < 4.78 is 5.69. The molecule has 110 valence electrons. The van der Waals surface area contributed by atoms with Gasteiger partial charge in [-0.1, -0.05) is 78.9 Å². The van der Waals surface area contributed by atoms with Gasteiger partial charge in [0.15, 0.2) is 0 Å². The van der Waals surface area contributed by atoms with Gasteiger partial charge in [-0.25, -0.2) is 0 Å². The molecule has 0 aliphatic rings. The summed E-state index contributed by atoms with van der Waals surface area (Å²) in [7, 11) is 0. The van der Waals surface area contributed by atoms with E-state index in [-0.39, 0.29) is 0 Å². The molecule has 23 heavy (non-hydrogen) atoms. The third kappa shape index (κ3) is 2.69. The Kier molecular flexibility index (Phi) is 3.53. The first-order valence-corrected chi connectivity index (χ1v) is 7.70. The average Bonchev–Trinajstić information content (AvgIpc) is 3.14. The minimum atomic E-state index is 0.898. The van der Waals surface area contributed by atoms with Gasteiger partial charge in [0, 0.05) is 5.56 Å². The van der Waals surface area contributed by atoms with Crippen molar-refractivity contribution in [2.75, 3.05) is 0 Å². The van der Waals surface area contributed by atoms with Crippen molar-refractivity contribution in [2.45, 2.75) is 0 Å². The Bertz CT molecular complexity index is 948. The van der Waals surface area contributed by atoms with Crippen LogP contribution in [0.15, 0.2) is 89.5 Å². The molecule has 1 heteroatoms. The molecule has 0 atom stereocenters. The molecule has 1 aromatic heterocycles. The second kappa shape index (κ2) is 5.98. The minimum Gasteiger partial charge on any atom is -0.464 e. The predicted octanol–water partition coefficient (Wildman–Crippen LogP) is 6.27. The SMILES string of the molecule is C(=Cc1ccc2ccccc2c1-c1ccco1)c1ccccc1. The summed E-state index contributed by atoms with van der Waals surface area (Å²) in [6.45, 7) is 0. The lowest BCUT2D eigenvalue weighted by Gasteiger charge is -2.08. The second-order valence-electron chi connectivity index (χ2n) is 5.47. The number of hydrogen-bond acceptors (Lipinski definition) is 1. The fourth-order valence-electron chi connectivity index (χ4n) is 2.87. The van der Waals surface area contributed by atoms with E-state index in [0.717, 1.165) is 16.9 Å². The van der Waals surface area contributed by atoms with Crippen LogP contribution in [0.1, 0.15) is 11.1 Å². The van der Waals surface area contributed by atoms with Gasteiger partial charge < -0.3 is 4.42 Å². The van der Waals surface area contributed by atoms with Crippen LogP contribution >= 0.6 is 0 Å². The van der Waals surface area contributed by atoms with E-state index in [1.54, 1.807) is 6.26 Å². The lowest BCUT2D eigenvalue weighted by molar-refractivity contribution is 0.583. The van der Waals surface area contributed by atoms with Crippen molar-refractivity contribution in [1.29, 1.82) is 0 Å². The van der Waals surface area contributed by atoms with E-state index in [1.165, 1.54) is 16.3 Å². The van der Waals surface area contributed by atoms with Gasteiger partial charge in [0.2, 0.25) is 0 Å². The normalized spacial score (nSPS) is 11.3. The van der Waals surface area contributed by atoms with Crippen LogP contribution in [-0.2, 0) is 0 Å². The van der Waals surface area contributed by atoms with Gasteiger partial charge in [0.25, 0.3) is 0 Å². The third-order valence-electron chi connectivity index (χ3n) is 3.98. The Hall–Kier alpha value is -3.06. The summed E-state index contributed by atoms with van der Waals surface area (Å²) in [4.78, 5) is 0. The van der Waals surface area contributed by atoms with Gasteiger partial charge in [0.05, 0.1) is 6.26 Å². The molecular formula is C22H16O. The van der Waals surface area contributed by atoms with Crippen molar-refractivity contribution in [3.63, 3.8) is 0 Å². The first-order valence-electron chi connectivity index (χ1n) is 7.70. The third-order valence-corrected chi connectivity index (χ3v) is 3.98. The Morgan fingerprint density at radius 3 is 2.30 bits per heavy atom. The molecule has 3 aromatic carbocycles. The summed E-state index contributed by atoms with van der Waals surface area (Å²) in [5.74, 6) is 0.898. The molecule has 0 saturated heterocycles. The summed E-state index contributed by atoms with van der Waals surface area (Å²) in [5, 5.41) is 2.42. The zero-order valence-corrected chi connectivity index (χ0v) is 12.6. The molecule has 0 aliphatic carbocycles. The van der Waals surface area contributed by atoms with Gasteiger partial charge in [-0.15, -0.1) is 0 Å². The van der Waals surface area contributed by atoms with Crippen molar-refractivity contribution in [2.24, 2.45) is 0 Å². The van der Waals surface area contributed by atoms with Crippen LogP contribution in [0.4, 0.5) is 0 Å².